The summed E-state index contributed by atoms with van der Waals surface area (Å²) < 4.78 is 8.81. The van der Waals surface area contributed by atoms with Crippen molar-refractivity contribution in [2.75, 3.05) is 0 Å². The van der Waals surface area contributed by atoms with Gasteiger partial charge in [0.2, 0.25) is 0 Å². The van der Waals surface area contributed by atoms with E-state index in [4.69, 9.17) is 4.42 Å². The Morgan fingerprint density at radius 2 is 1.00 bits per heavy atom. The van der Waals surface area contributed by atoms with E-state index in [0.29, 0.717) is 0 Å². The van der Waals surface area contributed by atoms with Crippen molar-refractivity contribution in [1.82, 2.24) is 4.57 Å². The number of benzene rings is 8. The number of para-hydroxylation sites is 3. The van der Waals surface area contributed by atoms with Crippen LogP contribution < -0.4 is 0 Å². The topological polar surface area (TPSA) is 18.1 Å². The van der Waals surface area contributed by atoms with E-state index in [2.05, 4.69) is 176 Å². The van der Waals surface area contributed by atoms with Crippen LogP contribution in [-0.4, -0.2) is 4.57 Å². The highest BCUT2D eigenvalue weighted by Crippen LogP contribution is 2.56. The van der Waals surface area contributed by atoms with Gasteiger partial charge in [0.05, 0.1) is 5.52 Å². The van der Waals surface area contributed by atoms with Crippen LogP contribution >= 0.6 is 0 Å². The van der Waals surface area contributed by atoms with Crippen molar-refractivity contribution in [1.29, 1.82) is 0 Å². The fourth-order valence-corrected chi connectivity index (χ4v) is 9.22. The molecule has 0 aliphatic heterocycles. The molecular weight excluding hydrogens is 619 g/mol. The normalized spacial score (nSPS) is 13.5. The molecule has 0 spiro atoms. The first-order valence-electron chi connectivity index (χ1n) is 17.8. The maximum atomic E-state index is 6.24. The second-order valence-corrected chi connectivity index (χ2v) is 14.4. The molecule has 8 aromatic carbocycles. The van der Waals surface area contributed by atoms with Crippen LogP contribution in [0.3, 0.4) is 0 Å². The van der Waals surface area contributed by atoms with E-state index in [9.17, 15) is 0 Å². The molecule has 10 aromatic rings. The number of rotatable bonds is 3. The van der Waals surface area contributed by atoms with Crippen LogP contribution in [0.15, 0.2) is 168 Å². The third kappa shape index (κ3) is 3.82. The summed E-state index contributed by atoms with van der Waals surface area (Å²) in [6, 6.07) is 59.8. The largest absolute Gasteiger partial charge is 0.456 e. The summed E-state index contributed by atoms with van der Waals surface area (Å²) in [4.78, 5) is 0. The van der Waals surface area contributed by atoms with Gasteiger partial charge in [-0.3, -0.25) is 0 Å². The van der Waals surface area contributed by atoms with Crippen molar-refractivity contribution in [2.24, 2.45) is 0 Å². The van der Waals surface area contributed by atoms with Gasteiger partial charge in [-0.15, -0.1) is 0 Å². The molecule has 0 saturated carbocycles. The lowest BCUT2D eigenvalue weighted by Gasteiger charge is -2.25. The van der Waals surface area contributed by atoms with Gasteiger partial charge in [-0.25, -0.2) is 0 Å². The van der Waals surface area contributed by atoms with Gasteiger partial charge in [-0.2, -0.15) is 0 Å². The van der Waals surface area contributed by atoms with E-state index in [1.54, 1.807) is 0 Å². The molecule has 0 radical (unpaired) electrons. The molecule has 0 bridgehead atoms. The van der Waals surface area contributed by atoms with Gasteiger partial charge in [-0.1, -0.05) is 147 Å². The minimum Gasteiger partial charge on any atom is -0.456 e. The maximum absolute atomic E-state index is 6.24. The first-order valence-corrected chi connectivity index (χ1v) is 17.8. The highest BCUT2D eigenvalue weighted by Gasteiger charge is 2.41. The highest BCUT2D eigenvalue weighted by atomic mass is 16.3. The fourth-order valence-electron chi connectivity index (χ4n) is 9.22. The average molecular weight is 652 g/mol. The average Bonchev–Trinajstić information content (AvgIpc) is 3.81. The van der Waals surface area contributed by atoms with E-state index < -0.39 is 0 Å². The molecule has 51 heavy (non-hydrogen) atoms. The Hall–Kier alpha value is -6.38. The van der Waals surface area contributed by atoms with E-state index in [-0.39, 0.29) is 5.41 Å². The minimum absolute atomic E-state index is 0.179. The van der Waals surface area contributed by atoms with Gasteiger partial charge < -0.3 is 8.98 Å². The predicted octanol–water partition coefficient (Wildman–Crippen LogP) is 13.5. The van der Waals surface area contributed by atoms with E-state index in [1.165, 1.54) is 82.8 Å². The minimum atomic E-state index is -0.179. The summed E-state index contributed by atoms with van der Waals surface area (Å²) in [7, 11) is 0. The lowest BCUT2D eigenvalue weighted by Crippen LogP contribution is -2.19. The summed E-state index contributed by atoms with van der Waals surface area (Å²) in [6.07, 6.45) is 0. The van der Waals surface area contributed by atoms with Crippen molar-refractivity contribution in [3.63, 3.8) is 0 Å². The fraction of sp³-hybridized carbons (Fsp3) is 0.0612. The van der Waals surface area contributed by atoms with Crippen LogP contribution in [0, 0.1) is 0 Å². The lowest BCUT2D eigenvalue weighted by atomic mass is 9.84. The third-order valence-electron chi connectivity index (χ3n) is 11.3. The third-order valence-corrected chi connectivity index (χ3v) is 11.3. The first-order chi connectivity index (χ1) is 25.1. The lowest BCUT2D eigenvalue weighted by molar-refractivity contribution is 0.624. The molecule has 0 N–H and O–H groups in total. The number of furan rings is 1. The number of aromatic nitrogens is 1. The Bertz CT molecular complexity index is 2990. The molecule has 0 unspecified atom stereocenters. The summed E-state index contributed by atoms with van der Waals surface area (Å²) in [5.41, 5.74) is 14.5. The van der Waals surface area contributed by atoms with Gasteiger partial charge in [0.1, 0.15) is 11.2 Å². The molecule has 2 aromatic heterocycles. The molecule has 0 saturated heterocycles. The van der Waals surface area contributed by atoms with Crippen molar-refractivity contribution in [3.05, 3.63) is 175 Å². The van der Waals surface area contributed by atoms with Crippen molar-refractivity contribution >= 4 is 54.4 Å². The molecule has 0 amide bonds. The molecule has 11 rings (SSSR count). The van der Waals surface area contributed by atoms with E-state index >= 15 is 0 Å². The zero-order valence-electron chi connectivity index (χ0n) is 28.4. The van der Waals surface area contributed by atoms with Gasteiger partial charge >= 0.3 is 0 Å². The zero-order chi connectivity index (χ0) is 33.8. The molecule has 1 aliphatic rings. The van der Waals surface area contributed by atoms with Gasteiger partial charge in [0, 0.05) is 44.1 Å². The molecule has 0 atom stereocenters. The van der Waals surface area contributed by atoms with Crippen LogP contribution in [0.1, 0.15) is 25.1 Å². The second kappa shape index (κ2) is 10.3. The number of hydrogen-bond acceptors (Lipinski definition) is 1. The molecule has 2 heteroatoms. The SMILES string of the molecule is CC1(C)c2ccccc2-c2c1n(-c1ccccc1)c1c(-c3c4ccccc4c(-c4ccc5oc6ccccc6c5c4)c4ccccc34)cccc21. The Kier molecular flexibility index (Phi) is 5.76. The summed E-state index contributed by atoms with van der Waals surface area (Å²) in [5, 5.41) is 8.55. The molecular formula is C49H33NO. The smallest absolute Gasteiger partial charge is 0.135 e. The molecule has 2 heterocycles. The molecule has 1 aliphatic carbocycles. The molecule has 240 valence electrons. The Balaban J connectivity index is 1.28. The maximum Gasteiger partial charge on any atom is 0.135 e. The van der Waals surface area contributed by atoms with Gasteiger partial charge in [0.15, 0.2) is 0 Å². The summed E-state index contributed by atoms with van der Waals surface area (Å²) in [5.74, 6) is 0. The van der Waals surface area contributed by atoms with Crippen molar-refractivity contribution in [3.8, 4) is 39.1 Å². The number of nitrogens with zero attached hydrogens (tertiary/aromatic N) is 1. The molecule has 0 fully saturated rings. The van der Waals surface area contributed by atoms with E-state index in [0.717, 1.165) is 21.9 Å². The Morgan fingerprint density at radius 3 is 1.75 bits per heavy atom. The van der Waals surface area contributed by atoms with Crippen LogP contribution in [0.25, 0.3) is 93.5 Å². The van der Waals surface area contributed by atoms with Crippen LogP contribution in [0.2, 0.25) is 0 Å². The standard InChI is InChI=1S/C49H33NO/c1-49(2)41-25-12-10-22-37(41)46-39-24-14-23-38(47(39)50(48(46)49)31-15-4-3-5-16-31)45-35-20-8-6-18-33(35)44(34-19-7-9-21-36(34)45)30-27-28-43-40(29-30)32-17-11-13-26-42(32)51-43/h3-29H,1-2H3. The van der Waals surface area contributed by atoms with Crippen molar-refractivity contribution in [2.45, 2.75) is 19.3 Å². The molecule has 2 nitrogen and oxygen atoms in total. The Morgan fingerprint density at radius 1 is 0.431 bits per heavy atom. The number of hydrogen-bond donors (Lipinski definition) is 0. The monoisotopic (exact) mass is 651 g/mol. The summed E-state index contributed by atoms with van der Waals surface area (Å²) in [6.45, 7) is 4.77. The quantitative estimate of drug-likeness (QED) is 0.174. The number of fused-ring (bicyclic) bond motifs is 10. The first kappa shape index (κ1) is 28.5. The van der Waals surface area contributed by atoms with Gasteiger partial charge in [-0.05, 0) is 79.7 Å². The van der Waals surface area contributed by atoms with Crippen LogP contribution in [0.5, 0.6) is 0 Å². The van der Waals surface area contributed by atoms with Crippen LogP contribution in [-0.2, 0) is 5.41 Å². The van der Waals surface area contributed by atoms with E-state index in [1.807, 2.05) is 6.07 Å². The van der Waals surface area contributed by atoms with Crippen LogP contribution in [0.4, 0.5) is 0 Å². The zero-order valence-corrected chi connectivity index (χ0v) is 28.4. The second-order valence-electron chi connectivity index (χ2n) is 14.4. The van der Waals surface area contributed by atoms with Crippen molar-refractivity contribution < 1.29 is 4.42 Å². The Labute approximate surface area is 295 Å². The highest BCUT2D eigenvalue weighted by molar-refractivity contribution is 6.25. The summed E-state index contributed by atoms with van der Waals surface area (Å²) >= 11 is 0. The van der Waals surface area contributed by atoms with Gasteiger partial charge in [0.25, 0.3) is 0 Å². The predicted molar refractivity (Wildman–Crippen MR) is 214 cm³/mol.